The van der Waals surface area contributed by atoms with Gasteiger partial charge in [-0.15, -0.1) is 0 Å². The van der Waals surface area contributed by atoms with Gasteiger partial charge in [0.1, 0.15) is 12.4 Å². The molecule has 2 amide bonds. The van der Waals surface area contributed by atoms with Gasteiger partial charge in [-0.2, -0.15) is 0 Å². The van der Waals surface area contributed by atoms with E-state index in [9.17, 15) is 9.59 Å². The summed E-state index contributed by atoms with van der Waals surface area (Å²) in [5.41, 5.74) is 4.05. The van der Waals surface area contributed by atoms with E-state index in [0.717, 1.165) is 11.1 Å². The Morgan fingerprint density at radius 2 is 1.60 bits per heavy atom. The first-order valence-electron chi connectivity index (χ1n) is 9.58. The molecule has 0 aliphatic heterocycles. The summed E-state index contributed by atoms with van der Waals surface area (Å²) < 4.78 is 5.68. The Hall–Kier alpha value is -3.86. The number of carbonyl (C=O) groups excluding carboxylic acids is 2. The molecule has 0 unspecified atom stereocenters. The smallest absolute Gasteiger partial charge is 0.259 e. The van der Waals surface area contributed by atoms with Crippen LogP contribution in [0.3, 0.4) is 0 Å². The van der Waals surface area contributed by atoms with Gasteiger partial charge in [0.25, 0.3) is 11.8 Å². The lowest BCUT2D eigenvalue weighted by atomic mass is 10.1. The Morgan fingerprint density at radius 3 is 2.30 bits per heavy atom. The maximum Gasteiger partial charge on any atom is 0.259 e. The molecule has 0 radical (unpaired) electrons. The van der Waals surface area contributed by atoms with Gasteiger partial charge in [0, 0.05) is 16.9 Å². The molecule has 2 N–H and O–H groups in total. The van der Waals surface area contributed by atoms with Gasteiger partial charge < -0.3 is 15.4 Å². The van der Waals surface area contributed by atoms with Crippen LogP contribution in [0.5, 0.6) is 5.75 Å². The number of para-hydroxylation sites is 1. The van der Waals surface area contributed by atoms with Gasteiger partial charge in [0.15, 0.2) is 0 Å². The summed E-state index contributed by atoms with van der Waals surface area (Å²) in [5, 5.41) is 5.78. The van der Waals surface area contributed by atoms with Crippen molar-refractivity contribution < 1.29 is 14.3 Å². The van der Waals surface area contributed by atoms with Gasteiger partial charge in [0.2, 0.25) is 0 Å². The third-order valence-electron chi connectivity index (χ3n) is 4.37. The van der Waals surface area contributed by atoms with Crippen LogP contribution in [0.2, 0.25) is 0 Å². The van der Waals surface area contributed by atoms with E-state index in [-0.39, 0.29) is 11.8 Å². The summed E-state index contributed by atoms with van der Waals surface area (Å²) in [6, 6.07) is 21.4. The average molecular weight is 400 g/mol. The third kappa shape index (κ3) is 5.35. The molecule has 0 aromatic heterocycles. The highest BCUT2D eigenvalue weighted by molar-refractivity contribution is 6.07. The van der Waals surface area contributed by atoms with Gasteiger partial charge in [-0.1, -0.05) is 36.9 Å². The standard InChI is InChI=1S/C25H24N2O3/c1-17(2)16-30-23-12-8-7-11-21(23)25(29)26-20-13-14-22(18(3)15-20)27-24(28)19-9-5-4-6-10-19/h4-15H,1,16H2,2-3H3,(H,26,29)(H,27,28). The molecule has 0 saturated heterocycles. The van der Waals surface area contributed by atoms with E-state index in [1.807, 2.05) is 44.2 Å². The lowest BCUT2D eigenvalue weighted by Crippen LogP contribution is -2.15. The van der Waals surface area contributed by atoms with Crippen LogP contribution in [0, 0.1) is 6.92 Å². The predicted molar refractivity (Wildman–Crippen MR) is 120 cm³/mol. The summed E-state index contributed by atoms with van der Waals surface area (Å²) in [5.74, 6) is 0.0494. The van der Waals surface area contributed by atoms with Crippen LogP contribution in [-0.4, -0.2) is 18.4 Å². The molecule has 0 bridgehead atoms. The molecule has 5 nitrogen and oxygen atoms in total. The first kappa shape index (κ1) is 20.9. The molecule has 30 heavy (non-hydrogen) atoms. The number of anilines is 2. The number of nitrogens with one attached hydrogen (secondary N) is 2. The number of carbonyl (C=O) groups is 2. The van der Waals surface area contributed by atoms with E-state index < -0.39 is 0 Å². The van der Waals surface area contributed by atoms with Crippen molar-refractivity contribution in [3.05, 3.63) is 102 Å². The Bertz CT molecular complexity index is 1070. The highest BCUT2D eigenvalue weighted by atomic mass is 16.5. The van der Waals surface area contributed by atoms with Crippen molar-refractivity contribution in [1.29, 1.82) is 0 Å². The first-order chi connectivity index (χ1) is 14.4. The largest absolute Gasteiger partial charge is 0.488 e. The van der Waals surface area contributed by atoms with E-state index in [4.69, 9.17) is 4.74 Å². The number of amides is 2. The number of hydrogen-bond donors (Lipinski definition) is 2. The minimum Gasteiger partial charge on any atom is -0.488 e. The van der Waals surface area contributed by atoms with Gasteiger partial charge in [-0.25, -0.2) is 0 Å². The molecule has 5 heteroatoms. The lowest BCUT2D eigenvalue weighted by molar-refractivity contribution is 0.101. The van der Waals surface area contributed by atoms with Crippen molar-refractivity contribution >= 4 is 23.2 Å². The lowest BCUT2D eigenvalue weighted by Gasteiger charge is -2.13. The van der Waals surface area contributed by atoms with Crippen LogP contribution in [0.15, 0.2) is 84.9 Å². The van der Waals surface area contributed by atoms with Crippen LogP contribution in [0.4, 0.5) is 11.4 Å². The normalized spacial score (nSPS) is 10.2. The summed E-state index contributed by atoms with van der Waals surface area (Å²) in [7, 11) is 0. The van der Waals surface area contributed by atoms with Gasteiger partial charge in [0.05, 0.1) is 5.56 Å². The van der Waals surface area contributed by atoms with Crippen molar-refractivity contribution in [3.8, 4) is 5.75 Å². The van der Waals surface area contributed by atoms with Gasteiger partial charge >= 0.3 is 0 Å². The van der Waals surface area contributed by atoms with E-state index in [1.165, 1.54) is 0 Å². The van der Waals surface area contributed by atoms with Crippen LogP contribution >= 0.6 is 0 Å². The second kappa shape index (κ2) is 9.56. The number of rotatable bonds is 7. The van der Waals surface area contributed by atoms with Crippen molar-refractivity contribution in [1.82, 2.24) is 0 Å². The third-order valence-corrected chi connectivity index (χ3v) is 4.37. The Morgan fingerprint density at radius 1 is 0.900 bits per heavy atom. The molecule has 3 aromatic rings. The van der Waals surface area contributed by atoms with Crippen molar-refractivity contribution in [2.24, 2.45) is 0 Å². The molecule has 0 atom stereocenters. The summed E-state index contributed by atoms with van der Waals surface area (Å²) in [6.45, 7) is 7.90. The van der Waals surface area contributed by atoms with E-state index in [0.29, 0.717) is 34.9 Å². The summed E-state index contributed by atoms with van der Waals surface area (Å²) in [4.78, 5) is 25.1. The fourth-order valence-electron chi connectivity index (χ4n) is 2.85. The molecule has 0 aliphatic carbocycles. The molecule has 0 heterocycles. The Kier molecular flexibility index (Phi) is 6.65. The molecule has 152 valence electrons. The van der Waals surface area contributed by atoms with Crippen LogP contribution in [0.1, 0.15) is 33.2 Å². The van der Waals surface area contributed by atoms with E-state index in [2.05, 4.69) is 17.2 Å². The second-order valence-corrected chi connectivity index (χ2v) is 7.05. The van der Waals surface area contributed by atoms with Crippen molar-refractivity contribution in [2.45, 2.75) is 13.8 Å². The monoisotopic (exact) mass is 400 g/mol. The fourth-order valence-corrected chi connectivity index (χ4v) is 2.85. The molecule has 0 spiro atoms. The maximum atomic E-state index is 12.8. The van der Waals surface area contributed by atoms with Crippen LogP contribution in [0.25, 0.3) is 0 Å². The van der Waals surface area contributed by atoms with Crippen LogP contribution < -0.4 is 15.4 Å². The number of ether oxygens (including phenoxy) is 1. The quantitative estimate of drug-likeness (QED) is 0.518. The number of benzene rings is 3. The zero-order valence-corrected chi connectivity index (χ0v) is 17.1. The Balaban J connectivity index is 1.71. The van der Waals surface area contributed by atoms with Crippen LogP contribution in [-0.2, 0) is 0 Å². The maximum absolute atomic E-state index is 12.8. The molecule has 0 aliphatic rings. The second-order valence-electron chi connectivity index (χ2n) is 7.05. The van der Waals surface area contributed by atoms with Crippen molar-refractivity contribution in [2.75, 3.05) is 17.2 Å². The van der Waals surface area contributed by atoms with E-state index >= 15 is 0 Å². The molecule has 0 fully saturated rings. The topological polar surface area (TPSA) is 67.4 Å². The highest BCUT2D eigenvalue weighted by Crippen LogP contribution is 2.23. The van der Waals surface area contributed by atoms with Crippen molar-refractivity contribution in [3.63, 3.8) is 0 Å². The predicted octanol–water partition coefficient (Wildman–Crippen LogP) is 5.45. The molecular weight excluding hydrogens is 376 g/mol. The average Bonchev–Trinajstić information content (AvgIpc) is 2.75. The molecule has 0 saturated carbocycles. The summed E-state index contributed by atoms with van der Waals surface area (Å²) in [6.07, 6.45) is 0. The zero-order valence-electron chi connectivity index (χ0n) is 17.1. The highest BCUT2D eigenvalue weighted by Gasteiger charge is 2.13. The van der Waals surface area contributed by atoms with Gasteiger partial charge in [-0.3, -0.25) is 9.59 Å². The van der Waals surface area contributed by atoms with Gasteiger partial charge in [-0.05, 0) is 67.4 Å². The first-order valence-corrected chi connectivity index (χ1v) is 9.58. The molecular formula is C25H24N2O3. The number of aryl methyl sites for hydroxylation is 1. The Labute approximate surface area is 176 Å². The van der Waals surface area contributed by atoms with E-state index in [1.54, 1.807) is 42.5 Å². The number of hydrogen-bond acceptors (Lipinski definition) is 3. The molecule has 3 rings (SSSR count). The SMILES string of the molecule is C=C(C)COc1ccccc1C(=O)Nc1ccc(NC(=O)c2ccccc2)c(C)c1. The zero-order chi connectivity index (χ0) is 21.5. The minimum absolute atomic E-state index is 0.181. The fraction of sp³-hybridized carbons (Fsp3) is 0.120. The molecule has 3 aromatic carbocycles. The summed E-state index contributed by atoms with van der Waals surface area (Å²) >= 11 is 0. The minimum atomic E-state index is -0.271.